The van der Waals surface area contributed by atoms with E-state index in [9.17, 15) is 19.5 Å². The van der Waals surface area contributed by atoms with Crippen LogP contribution in [0, 0.1) is 11.8 Å². The minimum atomic E-state index is -1.18. The Morgan fingerprint density at radius 3 is 2.06 bits per heavy atom. The molecular formula is C36H55N3O9. The maximum Gasteiger partial charge on any atom is 0.407 e. The number of aliphatic hydroxyl groups excluding tert-OH is 1. The van der Waals surface area contributed by atoms with Gasteiger partial charge in [0.05, 0.1) is 33.5 Å². The molecule has 0 spiro atoms. The molecule has 48 heavy (non-hydrogen) atoms. The van der Waals surface area contributed by atoms with Crippen molar-refractivity contribution in [2.45, 2.75) is 84.1 Å². The van der Waals surface area contributed by atoms with Gasteiger partial charge in [-0.3, -0.25) is 9.59 Å². The number of carbonyl (C=O) groups excluding carboxylic acids is 3. The Hall–Kier alpha value is -4.03. The molecule has 0 aliphatic heterocycles. The van der Waals surface area contributed by atoms with E-state index in [2.05, 4.69) is 16.0 Å². The van der Waals surface area contributed by atoms with Crippen LogP contribution in [0.5, 0.6) is 17.2 Å². The summed E-state index contributed by atoms with van der Waals surface area (Å²) in [7, 11) is 6.09. The van der Waals surface area contributed by atoms with Crippen molar-refractivity contribution < 1.29 is 43.2 Å². The fraction of sp³-hybridized carbons (Fsp3) is 0.583. The predicted octanol–water partition coefficient (Wildman–Crippen LogP) is 4.05. The summed E-state index contributed by atoms with van der Waals surface area (Å²) in [5, 5.41) is 20.3. The molecule has 0 heterocycles. The average molecular weight is 674 g/mol. The summed E-state index contributed by atoms with van der Waals surface area (Å²) in [5.41, 5.74) is 0.756. The molecule has 0 aliphatic rings. The van der Waals surface area contributed by atoms with E-state index in [1.54, 1.807) is 40.0 Å². The van der Waals surface area contributed by atoms with Crippen molar-refractivity contribution in [2.75, 3.05) is 41.6 Å². The molecule has 2 aromatic carbocycles. The molecule has 2 aromatic rings. The maximum atomic E-state index is 14.1. The largest absolute Gasteiger partial charge is 0.493 e. The van der Waals surface area contributed by atoms with Crippen molar-refractivity contribution in [1.82, 2.24) is 16.0 Å². The van der Waals surface area contributed by atoms with Crippen LogP contribution in [0.25, 0.3) is 0 Å². The Balaban J connectivity index is 2.48. The van der Waals surface area contributed by atoms with E-state index in [-0.39, 0.29) is 31.1 Å². The number of alkyl carbamates (subject to hydrolysis) is 1. The molecule has 12 heteroatoms. The molecule has 0 aromatic heterocycles. The van der Waals surface area contributed by atoms with E-state index in [0.29, 0.717) is 42.4 Å². The fourth-order valence-electron chi connectivity index (χ4n) is 5.28. The van der Waals surface area contributed by atoms with Gasteiger partial charge in [0.25, 0.3) is 0 Å². The molecule has 0 bridgehead atoms. The van der Waals surface area contributed by atoms with Crippen LogP contribution in [0.1, 0.15) is 58.6 Å². The van der Waals surface area contributed by atoms with E-state index < -0.39 is 41.7 Å². The third-order valence-corrected chi connectivity index (χ3v) is 7.69. The smallest absolute Gasteiger partial charge is 0.407 e. The van der Waals surface area contributed by atoms with E-state index in [0.717, 1.165) is 5.56 Å². The van der Waals surface area contributed by atoms with E-state index in [4.69, 9.17) is 23.7 Å². The van der Waals surface area contributed by atoms with Gasteiger partial charge in [-0.05, 0) is 69.6 Å². The highest BCUT2D eigenvalue weighted by atomic mass is 16.6. The van der Waals surface area contributed by atoms with Crippen molar-refractivity contribution in [2.24, 2.45) is 11.8 Å². The van der Waals surface area contributed by atoms with Crippen molar-refractivity contribution in [3.8, 4) is 17.2 Å². The van der Waals surface area contributed by atoms with Gasteiger partial charge in [0, 0.05) is 26.2 Å². The molecule has 12 nitrogen and oxygen atoms in total. The van der Waals surface area contributed by atoms with Gasteiger partial charge in [-0.25, -0.2) is 4.79 Å². The van der Waals surface area contributed by atoms with Crippen molar-refractivity contribution >= 4 is 17.9 Å². The lowest BCUT2D eigenvalue weighted by Gasteiger charge is -2.30. The van der Waals surface area contributed by atoms with E-state index in [1.165, 1.54) is 21.3 Å². The monoisotopic (exact) mass is 673 g/mol. The van der Waals surface area contributed by atoms with Crippen molar-refractivity contribution in [3.05, 3.63) is 53.6 Å². The molecule has 2 rings (SSSR count). The van der Waals surface area contributed by atoms with Gasteiger partial charge in [-0.15, -0.1) is 0 Å². The van der Waals surface area contributed by atoms with Crippen LogP contribution >= 0.6 is 0 Å². The van der Waals surface area contributed by atoms with Crippen LogP contribution in [0.4, 0.5) is 4.79 Å². The predicted molar refractivity (Wildman–Crippen MR) is 183 cm³/mol. The van der Waals surface area contributed by atoms with Gasteiger partial charge in [0.1, 0.15) is 11.6 Å². The lowest BCUT2D eigenvalue weighted by Crippen LogP contribution is -2.53. The number of benzene rings is 2. The number of methoxy groups -OCH3 is 4. The van der Waals surface area contributed by atoms with Gasteiger partial charge in [-0.2, -0.15) is 0 Å². The zero-order valence-electron chi connectivity index (χ0n) is 29.9. The lowest BCUT2D eigenvalue weighted by atomic mass is 9.87. The Labute approximate surface area is 285 Å². The van der Waals surface area contributed by atoms with Gasteiger partial charge in [0.15, 0.2) is 11.5 Å². The van der Waals surface area contributed by atoms with Gasteiger partial charge >= 0.3 is 6.09 Å². The first-order valence-corrected chi connectivity index (χ1v) is 16.3. The Bertz CT molecular complexity index is 1300. The van der Waals surface area contributed by atoms with Crippen LogP contribution < -0.4 is 30.2 Å². The first-order chi connectivity index (χ1) is 22.7. The van der Waals surface area contributed by atoms with Crippen LogP contribution in [0.2, 0.25) is 0 Å². The molecule has 0 saturated heterocycles. The Morgan fingerprint density at radius 2 is 1.50 bits per heavy atom. The molecule has 0 saturated carbocycles. The van der Waals surface area contributed by atoms with Crippen LogP contribution in [-0.2, 0) is 31.9 Å². The summed E-state index contributed by atoms with van der Waals surface area (Å²) < 4.78 is 27.3. The molecule has 0 radical (unpaired) electrons. The number of ether oxygens (including phenoxy) is 5. The van der Waals surface area contributed by atoms with Crippen LogP contribution in [-0.4, -0.2) is 88.4 Å². The number of amides is 3. The molecular weight excluding hydrogens is 618 g/mol. The molecule has 0 aliphatic carbocycles. The first-order valence-electron chi connectivity index (χ1n) is 16.3. The molecule has 3 amide bonds. The normalized spacial score (nSPS) is 13.9. The zero-order valence-corrected chi connectivity index (χ0v) is 29.9. The van der Waals surface area contributed by atoms with E-state index >= 15 is 0 Å². The van der Waals surface area contributed by atoms with Crippen molar-refractivity contribution in [1.29, 1.82) is 0 Å². The van der Waals surface area contributed by atoms with Crippen molar-refractivity contribution in [3.63, 3.8) is 0 Å². The quantitative estimate of drug-likeness (QED) is 0.162. The highest BCUT2D eigenvalue weighted by molar-refractivity contribution is 5.89. The summed E-state index contributed by atoms with van der Waals surface area (Å²) >= 11 is 0. The summed E-state index contributed by atoms with van der Waals surface area (Å²) in [4.78, 5) is 40.2. The minimum absolute atomic E-state index is 0.0586. The van der Waals surface area contributed by atoms with Gasteiger partial charge in [0.2, 0.25) is 17.6 Å². The molecule has 268 valence electrons. The third kappa shape index (κ3) is 12.9. The highest BCUT2D eigenvalue weighted by Crippen LogP contribution is 2.41. The summed E-state index contributed by atoms with van der Waals surface area (Å²) in [6, 6.07) is 11.3. The second-order valence-corrected chi connectivity index (χ2v) is 13.0. The maximum absolute atomic E-state index is 14.1. The van der Waals surface area contributed by atoms with E-state index in [1.807, 2.05) is 44.2 Å². The third-order valence-electron chi connectivity index (χ3n) is 7.69. The first kappa shape index (κ1) is 40.1. The molecule has 4 N–H and O–H groups in total. The Kier molecular flexibility index (Phi) is 16.5. The number of aliphatic hydroxyl groups is 1. The molecule has 4 unspecified atom stereocenters. The number of nitrogens with one attached hydrogen (secondary N) is 3. The minimum Gasteiger partial charge on any atom is -0.493 e. The molecule has 4 atom stereocenters. The number of hydrogen-bond donors (Lipinski definition) is 4. The van der Waals surface area contributed by atoms with Crippen LogP contribution in [0.3, 0.4) is 0 Å². The molecule has 0 fully saturated rings. The lowest BCUT2D eigenvalue weighted by molar-refractivity contribution is -0.132. The Morgan fingerprint density at radius 1 is 0.833 bits per heavy atom. The SMILES string of the molecule is COCCCNC(=O)C(NC(=O)C(Cc1ccc(OC)c(OC)c1OC)CC(O)C(Cc1ccccc1)NC(=O)OC(C)(C)C)C(C)C. The zero-order chi connectivity index (χ0) is 35.9. The van der Waals surface area contributed by atoms with Gasteiger partial charge < -0.3 is 44.7 Å². The average Bonchev–Trinajstić information content (AvgIpc) is 3.03. The fourth-order valence-corrected chi connectivity index (χ4v) is 5.28. The van der Waals surface area contributed by atoms with Gasteiger partial charge in [-0.1, -0.05) is 50.2 Å². The number of hydrogen-bond acceptors (Lipinski definition) is 9. The topological polar surface area (TPSA) is 154 Å². The number of rotatable bonds is 19. The summed E-state index contributed by atoms with van der Waals surface area (Å²) in [6.07, 6.45) is -0.889. The highest BCUT2D eigenvalue weighted by Gasteiger charge is 2.33. The number of carbonyl (C=O) groups is 3. The summed E-state index contributed by atoms with van der Waals surface area (Å²) in [5.74, 6) is -0.633. The van der Waals surface area contributed by atoms with Crippen LogP contribution in [0.15, 0.2) is 42.5 Å². The second-order valence-electron chi connectivity index (χ2n) is 13.0. The summed E-state index contributed by atoms with van der Waals surface area (Å²) in [6.45, 7) is 9.85. The second kappa shape index (κ2) is 19.7. The standard InChI is InChI=1S/C36H55N3O9/c1-23(2)30(34(42)37-18-13-19-44-6)39-33(41)26(21-25-16-17-29(45-7)32(47-9)31(25)46-8)22-28(40)27(20-24-14-11-10-12-15-24)38-35(43)48-36(3,4)5/h10-12,14-17,23,26-28,30,40H,13,18-22H2,1-9H3,(H,37,42)(H,38,43)(H,39,41).